The number of benzene rings is 2. The molecule has 3 aromatic rings. The van der Waals surface area contributed by atoms with E-state index in [0.29, 0.717) is 6.79 Å². The largest absolute Gasteiger partial charge is 0.454 e. The molecule has 1 fully saturated rings. The molecule has 34 heavy (non-hydrogen) atoms. The van der Waals surface area contributed by atoms with Crippen LogP contribution in [-0.2, 0) is 13.0 Å². The van der Waals surface area contributed by atoms with E-state index >= 15 is 0 Å². The summed E-state index contributed by atoms with van der Waals surface area (Å²) in [6.07, 6.45) is 4.93. The highest BCUT2D eigenvalue weighted by Crippen LogP contribution is 2.32. The Balaban J connectivity index is 0.00000274. The van der Waals surface area contributed by atoms with Gasteiger partial charge in [0.05, 0.1) is 11.9 Å². The van der Waals surface area contributed by atoms with Crippen LogP contribution < -0.4 is 14.8 Å². The molecule has 0 amide bonds. The number of guanidine groups is 1. The minimum absolute atomic E-state index is 0. The zero-order valence-corrected chi connectivity index (χ0v) is 21.7. The van der Waals surface area contributed by atoms with Crippen molar-refractivity contribution < 1.29 is 9.47 Å². The molecule has 0 aliphatic carbocycles. The molecule has 0 saturated carbocycles. The van der Waals surface area contributed by atoms with Gasteiger partial charge in [0.25, 0.3) is 0 Å². The standard InChI is InChI=1S/C25H30N6O2.HI/c1-26-25(27-10-9-21-16-28-31(18-21)22-5-3-2-4-6-22)30-13-11-29(12-14-30)17-20-7-8-23-24(15-20)33-19-32-23;/h2-8,15-16,18H,9-14,17,19H2,1H3,(H,26,27);1H. The first-order valence-electron chi connectivity index (χ1n) is 11.4. The Morgan fingerprint density at radius 3 is 2.59 bits per heavy atom. The van der Waals surface area contributed by atoms with Crippen LogP contribution in [0.3, 0.4) is 0 Å². The summed E-state index contributed by atoms with van der Waals surface area (Å²) < 4.78 is 12.8. The molecule has 1 aromatic heterocycles. The number of hydrogen-bond acceptors (Lipinski definition) is 5. The SMILES string of the molecule is CN=C(NCCc1cnn(-c2ccccc2)c1)N1CCN(Cc2ccc3c(c2)OCO3)CC1.I. The van der Waals surface area contributed by atoms with Gasteiger partial charge < -0.3 is 19.7 Å². The average Bonchev–Trinajstić information content (AvgIpc) is 3.53. The summed E-state index contributed by atoms with van der Waals surface area (Å²) >= 11 is 0. The van der Waals surface area contributed by atoms with Gasteiger partial charge in [0.2, 0.25) is 6.79 Å². The van der Waals surface area contributed by atoms with E-state index in [-0.39, 0.29) is 24.0 Å². The number of ether oxygens (including phenoxy) is 2. The van der Waals surface area contributed by atoms with Crippen molar-refractivity contribution in [3.63, 3.8) is 0 Å². The molecule has 0 spiro atoms. The lowest BCUT2D eigenvalue weighted by molar-refractivity contribution is 0.171. The van der Waals surface area contributed by atoms with E-state index in [2.05, 4.69) is 55.7 Å². The zero-order valence-electron chi connectivity index (χ0n) is 19.4. The number of aliphatic imine (C=N–C) groups is 1. The zero-order chi connectivity index (χ0) is 22.5. The predicted octanol–water partition coefficient (Wildman–Crippen LogP) is 3.15. The van der Waals surface area contributed by atoms with Gasteiger partial charge in [-0.2, -0.15) is 5.10 Å². The molecule has 180 valence electrons. The number of rotatable bonds is 6. The molecule has 9 heteroatoms. The number of fused-ring (bicyclic) bond motifs is 1. The van der Waals surface area contributed by atoms with Crippen molar-refractivity contribution in [1.82, 2.24) is 24.9 Å². The van der Waals surface area contributed by atoms with Crippen molar-refractivity contribution >= 4 is 29.9 Å². The van der Waals surface area contributed by atoms with E-state index in [9.17, 15) is 0 Å². The summed E-state index contributed by atoms with van der Waals surface area (Å²) in [7, 11) is 1.86. The average molecular weight is 574 g/mol. The second-order valence-electron chi connectivity index (χ2n) is 8.30. The molecule has 1 N–H and O–H groups in total. The van der Waals surface area contributed by atoms with Crippen LogP contribution in [0.15, 0.2) is 65.9 Å². The predicted molar refractivity (Wildman–Crippen MR) is 143 cm³/mol. The Labute approximate surface area is 217 Å². The number of nitrogens with one attached hydrogen (secondary N) is 1. The molecular weight excluding hydrogens is 543 g/mol. The summed E-state index contributed by atoms with van der Waals surface area (Å²) in [5, 5.41) is 8.00. The minimum atomic E-state index is 0. The topological polar surface area (TPSA) is 67.2 Å². The van der Waals surface area contributed by atoms with Gasteiger partial charge in [-0.15, -0.1) is 24.0 Å². The van der Waals surface area contributed by atoms with Crippen molar-refractivity contribution in [1.29, 1.82) is 0 Å². The third-order valence-electron chi connectivity index (χ3n) is 6.08. The molecule has 5 rings (SSSR count). The van der Waals surface area contributed by atoms with Crippen LogP contribution in [0.25, 0.3) is 5.69 Å². The summed E-state index contributed by atoms with van der Waals surface area (Å²) in [5.74, 6) is 2.66. The maximum Gasteiger partial charge on any atom is 0.231 e. The Kier molecular flexibility index (Phi) is 8.28. The van der Waals surface area contributed by atoms with Gasteiger partial charge in [-0.1, -0.05) is 24.3 Å². The maximum atomic E-state index is 5.51. The van der Waals surface area contributed by atoms with Crippen molar-refractivity contribution in [2.75, 3.05) is 46.6 Å². The van der Waals surface area contributed by atoms with Crippen LogP contribution in [-0.4, -0.2) is 72.1 Å². The Bertz CT molecular complexity index is 1100. The molecule has 8 nitrogen and oxygen atoms in total. The Morgan fingerprint density at radius 1 is 1.00 bits per heavy atom. The van der Waals surface area contributed by atoms with Gasteiger partial charge in [-0.05, 0) is 41.8 Å². The summed E-state index contributed by atoms with van der Waals surface area (Å²) in [5.41, 5.74) is 3.53. The number of hydrogen-bond donors (Lipinski definition) is 1. The van der Waals surface area contributed by atoms with Crippen LogP contribution in [0.5, 0.6) is 11.5 Å². The number of para-hydroxylation sites is 1. The molecule has 0 bridgehead atoms. The first-order chi connectivity index (χ1) is 16.3. The van der Waals surface area contributed by atoms with Crippen molar-refractivity contribution in [3.05, 3.63) is 72.1 Å². The Morgan fingerprint density at radius 2 is 1.79 bits per heavy atom. The number of nitrogens with zero attached hydrogens (tertiary/aromatic N) is 5. The third kappa shape index (κ3) is 5.82. The lowest BCUT2D eigenvalue weighted by Gasteiger charge is -2.36. The smallest absolute Gasteiger partial charge is 0.231 e. The fourth-order valence-corrected chi connectivity index (χ4v) is 4.28. The van der Waals surface area contributed by atoms with E-state index in [4.69, 9.17) is 9.47 Å². The second-order valence-corrected chi connectivity index (χ2v) is 8.30. The van der Waals surface area contributed by atoms with Crippen molar-refractivity contribution in [2.24, 2.45) is 4.99 Å². The fourth-order valence-electron chi connectivity index (χ4n) is 4.28. The molecule has 2 aromatic carbocycles. The van der Waals surface area contributed by atoms with Gasteiger partial charge in [0.15, 0.2) is 17.5 Å². The quantitative estimate of drug-likeness (QED) is 0.277. The van der Waals surface area contributed by atoms with Gasteiger partial charge in [-0.3, -0.25) is 9.89 Å². The molecule has 2 aliphatic rings. The van der Waals surface area contributed by atoms with Gasteiger partial charge in [0, 0.05) is 52.5 Å². The van der Waals surface area contributed by atoms with Crippen LogP contribution >= 0.6 is 24.0 Å². The number of halogens is 1. The van der Waals surface area contributed by atoms with E-state index < -0.39 is 0 Å². The Hall–Kier alpha value is -2.79. The highest BCUT2D eigenvalue weighted by molar-refractivity contribution is 14.0. The molecule has 2 aliphatic heterocycles. The van der Waals surface area contributed by atoms with Crippen LogP contribution in [0.4, 0.5) is 0 Å². The molecular formula is C25H31IN6O2. The van der Waals surface area contributed by atoms with Crippen LogP contribution in [0, 0.1) is 0 Å². The minimum Gasteiger partial charge on any atom is -0.454 e. The second kappa shape index (κ2) is 11.6. The van der Waals surface area contributed by atoms with E-state index in [0.717, 1.165) is 68.8 Å². The molecule has 1 saturated heterocycles. The van der Waals surface area contributed by atoms with Gasteiger partial charge in [-0.25, -0.2) is 4.68 Å². The summed E-state index contributed by atoms with van der Waals surface area (Å²) in [4.78, 5) is 9.31. The molecule has 0 atom stereocenters. The van der Waals surface area contributed by atoms with Crippen LogP contribution in [0.1, 0.15) is 11.1 Å². The highest BCUT2D eigenvalue weighted by atomic mass is 127. The van der Waals surface area contributed by atoms with Crippen LogP contribution in [0.2, 0.25) is 0 Å². The van der Waals surface area contributed by atoms with Gasteiger partial charge >= 0.3 is 0 Å². The maximum absolute atomic E-state index is 5.51. The first kappa shape index (κ1) is 24.3. The van der Waals surface area contributed by atoms with E-state index in [1.807, 2.05) is 42.2 Å². The van der Waals surface area contributed by atoms with Gasteiger partial charge in [0.1, 0.15) is 0 Å². The normalized spacial score (nSPS) is 15.8. The monoisotopic (exact) mass is 574 g/mol. The number of aromatic nitrogens is 2. The van der Waals surface area contributed by atoms with Crippen molar-refractivity contribution in [3.8, 4) is 17.2 Å². The fraction of sp³-hybridized carbons (Fsp3) is 0.360. The third-order valence-corrected chi connectivity index (χ3v) is 6.08. The molecule has 0 unspecified atom stereocenters. The lowest BCUT2D eigenvalue weighted by atomic mass is 10.1. The number of piperazine rings is 1. The first-order valence-corrected chi connectivity index (χ1v) is 11.4. The summed E-state index contributed by atoms with van der Waals surface area (Å²) in [6.45, 7) is 5.97. The summed E-state index contributed by atoms with van der Waals surface area (Å²) in [6, 6.07) is 16.4. The highest BCUT2D eigenvalue weighted by Gasteiger charge is 2.21. The molecule has 0 radical (unpaired) electrons. The van der Waals surface area contributed by atoms with E-state index in [1.54, 1.807) is 0 Å². The van der Waals surface area contributed by atoms with E-state index in [1.165, 1.54) is 11.1 Å². The van der Waals surface area contributed by atoms with Crippen molar-refractivity contribution in [2.45, 2.75) is 13.0 Å². The molecule has 3 heterocycles. The lowest BCUT2D eigenvalue weighted by Crippen LogP contribution is -2.52.